The Morgan fingerprint density at radius 2 is 0.967 bits per heavy atom. The minimum atomic E-state index is -0.109. The van der Waals surface area contributed by atoms with Crippen LogP contribution in [0.1, 0.15) is 25.0 Å². The summed E-state index contributed by atoms with van der Waals surface area (Å²) in [7, 11) is 0. The second kappa shape index (κ2) is 13.4. The van der Waals surface area contributed by atoms with Crippen molar-refractivity contribution in [3.05, 3.63) is 211 Å². The van der Waals surface area contributed by atoms with E-state index in [0.717, 1.165) is 44.6 Å². The Morgan fingerprint density at radius 3 is 1.78 bits per heavy atom. The Labute approximate surface area is 353 Å². The molecule has 0 unspecified atom stereocenters. The average Bonchev–Trinajstić information content (AvgIpc) is 3.93. The lowest BCUT2D eigenvalue weighted by atomic mass is 9.82. The zero-order valence-corrected chi connectivity index (χ0v) is 34.1. The molecule has 284 valence electrons. The summed E-state index contributed by atoms with van der Waals surface area (Å²) < 4.78 is 9.00. The monoisotopic (exact) mass is 785 g/mol. The zero-order valence-electron chi connectivity index (χ0n) is 33.3. The van der Waals surface area contributed by atoms with Gasteiger partial charge in [0.2, 0.25) is 0 Å². The molecule has 0 saturated carbocycles. The number of hydrogen-bond donors (Lipinski definition) is 0. The summed E-state index contributed by atoms with van der Waals surface area (Å²) in [6.07, 6.45) is 0. The molecule has 0 aliphatic heterocycles. The van der Waals surface area contributed by atoms with Crippen LogP contribution < -0.4 is 4.90 Å². The van der Waals surface area contributed by atoms with Crippen molar-refractivity contribution in [2.45, 2.75) is 19.3 Å². The van der Waals surface area contributed by atoms with Gasteiger partial charge in [-0.05, 0) is 128 Å². The third-order valence-electron chi connectivity index (χ3n) is 12.7. The minimum absolute atomic E-state index is 0.109. The number of anilines is 3. The van der Waals surface area contributed by atoms with Crippen LogP contribution in [0.3, 0.4) is 0 Å². The fraction of sp³-hybridized carbons (Fsp3) is 0.0526. The molecule has 2 heterocycles. The van der Waals surface area contributed by atoms with Crippen molar-refractivity contribution < 1.29 is 4.42 Å². The van der Waals surface area contributed by atoms with Crippen molar-refractivity contribution in [2.24, 2.45) is 0 Å². The lowest BCUT2D eigenvalue weighted by Gasteiger charge is -2.28. The third kappa shape index (κ3) is 5.47. The van der Waals surface area contributed by atoms with Crippen LogP contribution in [0, 0.1) is 0 Å². The molecule has 0 saturated heterocycles. The Kier molecular flexibility index (Phi) is 7.79. The van der Waals surface area contributed by atoms with Gasteiger partial charge in [0.05, 0.1) is 0 Å². The molecule has 60 heavy (non-hydrogen) atoms. The Balaban J connectivity index is 1.00. The van der Waals surface area contributed by atoms with E-state index in [9.17, 15) is 0 Å². The largest absolute Gasteiger partial charge is 0.456 e. The van der Waals surface area contributed by atoms with Crippen LogP contribution in [-0.2, 0) is 5.41 Å². The van der Waals surface area contributed by atoms with Crippen molar-refractivity contribution in [1.29, 1.82) is 0 Å². The first-order valence-corrected chi connectivity index (χ1v) is 21.5. The Morgan fingerprint density at radius 1 is 0.367 bits per heavy atom. The third-order valence-corrected chi connectivity index (χ3v) is 13.8. The van der Waals surface area contributed by atoms with Gasteiger partial charge in [0.15, 0.2) is 0 Å². The first-order valence-electron chi connectivity index (χ1n) is 20.7. The Bertz CT molecular complexity index is 3440. The molecular weight excluding hydrogens is 747 g/mol. The molecule has 0 amide bonds. The average molecular weight is 786 g/mol. The van der Waals surface area contributed by atoms with Gasteiger partial charge < -0.3 is 9.32 Å². The maximum atomic E-state index is 6.42. The predicted molar refractivity (Wildman–Crippen MR) is 255 cm³/mol. The molecule has 0 atom stereocenters. The molecule has 0 fully saturated rings. The van der Waals surface area contributed by atoms with E-state index >= 15 is 0 Å². The van der Waals surface area contributed by atoms with Crippen LogP contribution in [0.2, 0.25) is 0 Å². The van der Waals surface area contributed by atoms with Gasteiger partial charge in [-0.15, -0.1) is 11.3 Å². The fourth-order valence-corrected chi connectivity index (χ4v) is 10.8. The van der Waals surface area contributed by atoms with E-state index < -0.39 is 0 Å². The molecular formula is C57H39NOS. The number of benzene rings is 9. The predicted octanol–water partition coefficient (Wildman–Crippen LogP) is 16.7. The van der Waals surface area contributed by atoms with Crippen molar-refractivity contribution in [1.82, 2.24) is 0 Å². The van der Waals surface area contributed by atoms with E-state index in [4.69, 9.17) is 4.42 Å². The van der Waals surface area contributed by atoms with Crippen LogP contribution in [0.15, 0.2) is 205 Å². The summed E-state index contributed by atoms with van der Waals surface area (Å²) in [6, 6.07) is 73.2. The maximum Gasteiger partial charge on any atom is 0.136 e. The smallest absolute Gasteiger partial charge is 0.136 e. The van der Waals surface area contributed by atoms with Crippen LogP contribution >= 0.6 is 11.3 Å². The second-order valence-electron chi connectivity index (χ2n) is 16.5. The highest BCUT2D eigenvalue weighted by Crippen LogP contribution is 2.51. The molecule has 0 N–H and O–H groups in total. The fourth-order valence-electron chi connectivity index (χ4n) is 9.64. The maximum absolute atomic E-state index is 6.42. The standard InChI is InChI=1S/C57H39NOS/c1-57(2)51-17-9-6-14-43(51)44-31-29-42(33-52(44)57)58(40-25-20-37(21-26-40)36-12-4-3-5-13-36)41-27-22-38(23-28-41)49-35-56-50(47-16-8-11-19-55(47)60-56)34-48(49)39-24-30-46-45-15-7-10-18-53(45)59-54(46)32-39/h3-35H,1-2H3. The summed E-state index contributed by atoms with van der Waals surface area (Å²) in [5.41, 5.74) is 17.6. The molecule has 11 aromatic rings. The van der Waals surface area contributed by atoms with E-state index in [2.05, 4.69) is 213 Å². The summed E-state index contributed by atoms with van der Waals surface area (Å²) in [5.74, 6) is 0. The van der Waals surface area contributed by atoms with Crippen LogP contribution in [-0.4, -0.2) is 0 Å². The number of nitrogens with zero attached hydrogens (tertiary/aromatic N) is 1. The zero-order chi connectivity index (χ0) is 40.0. The van der Waals surface area contributed by atoms with Gasteiger partial charge in [0.1, 0.15) is 11.2 Å². The van der Waals surface area contributed by atoms with E-state index in [1.165, 1.54) is 70.2 Å². The van der Waals surface area contributed by atoms with Gasteiger partial charge in [-0.3, -0.25) is 0 Å². The van der Waals surface area contributed by atoms with E-state index in [-0.39, 0.29) is 5.41 Å². The van der Waals surface area contributed by atoms with Crippen molar-refractivity contribution in [3.8, 4) is 44.5 Å². The van der Waals surface area contributed by atoms with Crippen molar-refractivity contribution in [2.75, 3.05) is 4.90 Å². The summed E-state index contributed by atoms with van der Waals surface area (Å²) in [6.45, 7) is 4.71. The molecule has 1 aliphatic carbocycles. The van der Waals surface area contributed by atoms with Gasteiger partial charge in [-0.25, -0.2) is 0 Å². The molecule has 3 heteroatoms. The molecule has 0 radical (unpaired) electrons. The number of para-hydroxylation sites is 1. The topological polar surface area (TPSA) is 16.4 Å². The molecule has 9 aromatic carbocycles. The SMILES string of the molecule is CC1(C)c2ccccc2-c2ccc(N(c3ccc(-c4ccccc4)cc3)c3ccc(-c4cc5sc6ccccc6c5cc4-c4ccc5c(c4)oc4ccccc45)cc3)cc21. The molecule has 2 nitrogen and oxygen atoms in total. The molecule has 0 bridgehead atoms. The van der Waals surface area contributed by atoms with Gasteiger partial charge >= 0.3 is 0 Å². The van der Waals surface area contributed by atoms with Gasteiger partial charge in [0.25, 0.3) is 0 Å². The van der Waals surface area contributed by atoms with E-state index in [0.29, 0.717) is 0 Å². The normalized spacial score (nSPS) is 13.0. The van der Waals surface area contributed by atoms with Crippen LogP contribution in [0.4, 0.5) is 17.1 Å². The summed E-state index contributed by atoms with van der Waals surface area (Å²) in [4.78, 5) is 2.41. The molecule has 12 rings (SSSR count). The number of hydrogen-bond acceptors (Lipinski definition) is 3. The van der Waals surface area contributed by atoms with E-state index in [1.54, 1.807) is 0 Å². The Hall–Kier alpha value is -7.20. The molecule has 0 spiro atoms. The minimum Gasteiger partial charge on any atom is -0.456 e. The number of thiophene rings is 1. The quantitative estimate of drug-likeness (QED) is 0.167. The molecule has 1 aliphatic rings. The van der Waals surface area contributed by atoms with Crippen molar-refractivity contribution >= 4 is 70.5 Å². The number of furan rings is 1. The van der Waals surface area contributed by atoms with Gasteiger partial charge in [0, 0.05) is 53.4 Å². The first-order chi connectivity index (χ1) is 29.5. The number of fused-ring (bicyclic) bond motifs is 9. The second-order valence-corrected chi connectivity index (χ2v) is 17.6. The van der Waals surface area contributed by atoms with Gasteiger partial charge in [-0.2, -0.15) is 0 Å². The molecule has 2 aromatic heterocycles. The number of rotatable bonds is 6. The van der Waals surface area contributed by atoms with E-state index in [1.807, 2.05) is 17.4 Å². The lowest BCUT2D eigenvalue weighted by Crippen LogP contribution is -2.16. The lowest BCUT2D eigenvalue weighted by molar-refractivity contribution is 0.660. The highest BCUT2D eigenvalue weighted by atomic mass is 32.1. The van der Waals surface area contributed by atoms with Crippen molar-refractivity contribution in [3.63, 3.8) is 0 Å². The van der Waals surface area contributed by atoms with Crippen LogP contribution in [0.25, 0.3) is 86.6 Å². The summed E-state index contributed by atoms with van der Waals surface area (Å²) in [5, 5.41) is 4.85. The van der Waals surface area contributed by atoms with Gasteiger partial charge in [-0.1, -0.05) is 141 Å². The summed E-state index contributed by atoms with van der Waals surface area (Å²) >= 11 is 1.86. The highest BCUT2D eigenvalue weighted by molar-refractivity contribution is 7.25. The first kappa shape index (κ1) is 34.8. The van der Waals surface area contributed by atoms with Crippen LogP contribution in [0.5, 0.6) is 0 Å². The highest BCUT2D eigenvalue weighted by Gasteiger charge is 2.35.